The summed E-state index contributed by atoms with van der Waals surface area (Å²) < 4.78 is 32.6. The van der Waals surface area contributed by atoms with Gasteiger partial charge in [0.1, 0.15) is 18.4 Å². The molecule has 1 amide bonds. The van der Waals surface area contributed by atoms with Crippen molar-refractivity contribution in [3.8, 4) is 5.75 Å². The van der Waals surface area contributed by atoms with E-state index in [0.717, 1.165) is 15.6 Å². The highest BCUT2D eigenvalue weighted by molar-refractivity contribution is 7.89. The standard InChI is InChI=1S/C19H23N3O6S/c1-13-14(3-2-10-20-13)12-28-16-5-7-17(8-6-16)29(26,27)22-11-15(23)4-9-18(22)19(24)21-25/h2-3,5-8,10,15,18,23,25H,4,9,11-12H2,1H3,(H,21,24)/t15-,18-/m1/s1. The Bertz CT molecular complexity index is 964. The Kier molecular flexibility index (Phi) is 6.48. The Morgan fingerprint density at radius 2 is 2.00 bits per heavy atom. The minimum absolute atomic E-state index is 0.0350. The molecular weight excluding hydrogens is 398 g/mol. The predicted octanol–water partition coefficient (Wildman–Crippen LogP) is 0.988. The highest BCUT2D eigenvalue weighted by Crippen LogP contribution is 2.27. The molecule has 1 aliphatic heterocycles. The number of aliphatic hydroxyl groups excluding tert-OH is 1. The monoisotopic (exact) mass is 421 g/mol. The number of hydroxylamine groups is 1. The molecule has 9 nitrogen and oxygen atoms in total. The number of amides is 1. The van der Waals surface area contributed by atoms with Gasteiger partial charge < -0.3 is 9.84 Å². The van der Waals surface area contributed by atoms with Gasteiger partial charge in [-0.2, -0.15) is 4.31 Å². The molecule has 3 N–H and O–H groups in total. The predicted molar refractivity (Wildman–Crippen MR) is 103 cm³/mol. The first-order chi connectivity index (χ1) is 13.8. The number of pyridine rings is 1. The topological polar surface area (TPSA) is 129 Å². The number of hydrogen-bond acceptors (Lipinski definition) is 7. The van der Waals surface area contributed by atoms with E-state index in [1.54, 1.807) is 6.20 Å². The van der Waals surface area contributed by atoms with E-state index >= 15 is 0 Å². The number of ether oxygens (including phenoxy) is 1. The SMILES string of the molecule is Cc1ncccc1COc1ccc(S(=O)(=O)N2C[C@H](O)CC[C@@H]2C(=O)NO)cc1. The summed E-state index contributed by atoms with van der Waals surface area (Å²) in [4.78, 5) is 16.0. The Hall–Kier alpha value is -2.53. The molecule has 10 heteroatoms. The van der Waals surface area contributed by atoms with Crippen LogP contribution < -0.4 is 10.2 Å². The largest absolute Gasteiger partial charge is 0.489 e. The van der Waals surface area contributed by atoms with Crippen LogP contribution in [0.5, 0.6) is 5.75 Å². The van der Waals surface area contributed by atoms with Gasteiger partial charge in [-0.25, -0.2) is 13.9 Å². The van der Waals surface area contributed by atoms with Crippen molar-refractivity contribution in [1.82, 2.24) is 14.8 Å². The lowest BCUT2D eigenvalue weighted by molar-refractivity contribution is -0.135. The maximum absolute atomic E-state index is 13.0. The zero-order valence-corrected chi connectivity index (χ0v) is 16.7. The summed E-state index contributed by atoms with van der Waals surface area (Å²) in [5.41, 5.74) is 3.27. The van der Waals surface area contributed by atoms with Gasteiger partial charge in [0.2, 0.25) is 10.0 Å². The molecule has 1 saturated heterocycles. The number of aryl methyl sites for hydroxylation is 1. The van der Waals surface area contributed by atoms with Crippen LogP contribution in [0.2, 0.25) is 0 Å². The summed E-state index contributed by atoms with van der Waals surface area (Å²) in [6.45, 7) is 1.95. The summed E-state index contributed by atoms with van der Waals surface area (Å²) in [7, 11) is -4.05. The molecule has 2 heterocycles. The molecule has 0 radical (unpaired) electrons. The van der Waals surface area contributed by atoms with Crippen molar-refractivity contribution < 1.29 is 28.3 Å². The smallest absolute Gasteiger partial charge is 0.261 e. The van der Waals surface area contributed by atoms with Crippen LogP contribution >= 0.6 is 0 Å². The Morgan fingerprint density at radius 1 is 1.28 bits per heavy atom. The summed E-state index contributed by atoms with van der Waals surface area (Å²) >= 11 is 0. The van der Waals surface area contributed by atoms with Crippen LogP contribution in [-0.4, -0.2) is 52.6 Å². The number of nitrogens with zero attached hydrogens (tertiary/aromatic N) is 2. The normalized spacial score (nSPS) is 20.2. The minimum Gasteiger partial charge on any atom is -0.489 e. The van der Waals surface area contributed by atoms with Crippen LogP contribution in [0.3, 0.4) is 0 Å². The quantitative estimate of drug-likeness (QED) is 0.468. The van der Waals surface area contributed by atoms with Crippen LogP contribution in [0.1, 0.15) is 24.1 Å². The lowest BCUT2D eigenvalue weighted by Gasteiger charge is -2.35. The average molecular weight is 421 g/mol. The Morgan fingerprint density at radius 3 is 2.66 bits per heavy atom. The van der Waals surface area contributed by atoms with Crippen molar-refractivity contribution in [3.05, 3.63) is 53.9 Å². The molecule has 0 bridgehead atoms. The molecule has 1 fully saturated rings. The third-order valence-corrected chi connectivity index (χ3v) is 6.75. The molecule has 156 valence electrons. The van der Waals surface area contributed by atoms with Gasteiger partial charge in [0.05, 0.1) is 11.0 Å². The second kappa shape index (κ2) is 8.87. The van der Waals surface area contributed by atoms with Gasteiger partial charge in [-0.05, 0) is 50.1 Å². The molecule has 1 aliphatic rings. The maximum Gasteiger partial charge on any atom is 0.261 e. The number of benzene rings is 1. The first kappa shape index (κ1) is 21.2. The van der Waals surface area contributed by atoms with Crippen molar-refractivity contribution in [2.75, 3.05) is 6.54 Å². The number of aliphatic hydroxyl groups is 1. The highest BCUT2D eigenvalue weighted by atomic mass is 32.2. The molecule has 1 aromatic heterocycles. The summed E-state index contributed by atoms with van der Waals surface area (Å²) in [6, 6.07) is 8.45. The third-order valence-electron chi connectivity index (χ3n) is 4.87. The van der Waals surface area contributed by atoms with Crippen molar-refractivity contribution in [1.29, 1.82) is 0 Å². The van der Waals surface area contributed by atoms with Crippen LogP contribution in [0, 0.1) is 6.92 Å². The zero-order valence-electron chi connectivity index (χ0n) is 15.9. The van der Waals surface area contributed by atoms with Crippen molar-refractivity contribution in [2.24, 2.45) is 0 Å². The van der Waals surface area contributed by atoms with E-state index in [-0.39, 0.29) is 24.3 Å². The molecule has 29 heavy (non-hydrogen) atoms. The van der Waals surface area contributed by atoms with Crippen LogP contribution in [0.25, 0.3) is 0 Å². The first-order valence-corrected chi connectivity index (χ1v) is 10.5. The molecule has 0 saturated carbocycles. The fourth-order valence-corrected chi connectivity index (χ4v) is 4.85. The van der Waals surface area contributed by atoms with E-state index in [9.17, 15) is 18.3 Å². The highest BCUT2D eigenvalue weighted by Gasteiger charge is 2.40. The molecule has 2 atom stereocenters. The summed E-state index contributed by atoms with van der Waals surface area (Å²) in [5, 5.41) is 18.8. The fourth-order valence-electron chi connectivity index (χ4n) is 3.20. The van der Waals surface area contributed by atoms with E-state index in [0.29, 0.717) is 12.4 Å². The zero-order chi connectivity index (χ0) is 21.0. The average Bonchev–Trinajstić information content (AvgIpc) is 2.73. The molecule has 0 spiro atoms. The number of aromatic nitrogens is 1. The summed E-state index contributed by atoms with van der Waals surface area (Å²) in [5.74, 6) is -0.345. The van der Waals surface area contributed by atoms with E-state index in [2.05, 4.69) is 4.98 Å². The molecule has 1 aromatic carbocycles. The number of carbonyl (C=O) groups is 1. The second-order valence-corrected chi connectivity index (χ2v) is 8.70. The lowest BCUT2D eigenvalue weighted by Crippen LogP contribution is -2.54. The van der Waals surface area contributed by atoms with Gasteiger partial charge in [-0.1, -0.05) is 6.07 Å². The first-order valence-electron chi connectivity index (χ1n) is 9.10. The summed E-state index contributed by atoms with van der Waals surface area (Å²) in [6.07, 6.45) is 1.20. The van der Waals surface area contributed by atoms with Crippen molar-refractivity contribution >= 4 is 15.9 Å². The minimum atomic E-state index is -4.05. The maximum atomic E-state index is 13.0. The van der Waals surface area contributed by atoms with Gasteiger partial charge in [-0.15, -0.1) is 0 Å². The Balaban J connectivity index is 1.76. The lowest BCUT2D eigenvalue weighted by atomic mass is 10.0. The fraction of sp³-hybridized carbons (Fsp3) is 0.368. The van der Waals surface area contributed by atoms with Crippen LogP contribution in [-0.2, 0) is 21.4 Å². The second-order valence-electron chi connectivity index (χ2n) is 6.81. The third kappa shape index (κ3) is 4.73. The molecule has 0 aliphatic carbocycles. The van der Waals surface area contributed by atoms with Crippen LogP contribution in [0.4, 0.5) is 0 Å². The van der Waals surface area contributed by atoms with Gasteiger partial charge in [0, 0.05) is 24.0 Å². The number of carbonyl (C=O) groups excluding carboxylic acids is 1. The number of nitrogens with one attached hydrogen (secondary N) is 1. The molecule has 3 rings (SSSR count). The van der Waals surface area contributed by atoms with Gasteiger partial charge in [0.15, 0.2) is 0 Å². The molecule has 2 aromatic rings. The van der Waals surface area contributed by atoms with Gasteiger partial charge in [-0.3, -0.25) is 15.0 Å². The van der Waals surface area contributed by atoms with E-state index < -0.39 is 28.1 Å². The molecule has 0 unspecified atom stereocenters. The van der Waals surface area contributed by atoms with Crippen molar-refractivity contribution in [2.45, 2.75) is 43.4 Å². The number of piperidine rings is 1. The van der Waals surface area contributed by atoms with Crippen LogP contribution in [0.15, 0.2) is 47.5 Å². The number of rotatable bonds is 6. The molecular formula is C19H23N3O6S. The van der Waals surface area contributed by atoms with E-state index in [4.69, 9.17) is 9.94 Å². The van der Waals surface area contributed by atoms with Crippen molar-refractivity contribution in [3.63, 3.8) is 0 Å². The Labute approximate surface area is 169 Å². The van der Waals surface area contributed by atoms with Gasteiger partial charge >= 0.3 is 0 Å². The number of β-amino-alcohol motifs (C(OH)–C–C–N with tert-alkyl or cyclic N) is 1. The van der Waals surface area contributed by atoms with Gasteiger partial charge in [0.25, 0.3) is 5.91 Å². The van der Waals surface area contributed by atoms with E-state index in [1.807, 2.05) is 19.1 Å². The number of hydrogen-bond donors (Lipinski definition) is 3. The number of sulfonamides is 1. The van der Waals surface area contributed by atoms with E-state index in [1.165, 1.54) is 29.7 Å².